The Balaban J connectivity index is 2.26. The van der Waals surface area contributed by atoms with Gasteiger partial charge < -0.3 is 0 Å². The molecule has 1 aromatic rings. The van der Waals surface area contributed by atoms with E-state index in [-0.39, 0.29) is 5.71 Å². The maximum absolute atomic E-state index is 8.60. The highest BCUT2D eigenvalue weighted by atomic mass is 15.3. The first-order valence-electron chi connectivity index (χ1n) is 5.60. The van der Waals surface area contributed by atoms with Crippen LogP contribution in [0.2, 0.25) is 0 Å². The Kier molecular flexibility index (Phi) is 3.37. The summed E-state index contributed by atoms with van der Waals surface area (Å²) in [6.07, 6.45) is 4.53. The summed E-state index contributed by atoms with van der Waals surface area (Å²) in [5.74, 6) is 0. The Morgan fingerprint density at radius 3 is 2.71 bits per heavy atom. The van der Waals surface area contributed by atoms with Crippen molar-refractivity contribution < 1.29 is 0 Å². The summed E-state index contributed by atoms with van der Waals surface area (Å²) >= 11 is 0. The molecule has 1 aliphatic carbocycles. The molecule has 17 heavy (non-hydrogen) atoms. The average Bonchev–Trinajstić information content (AvgIpc) is 2.40. The first kappa shape index (κ1) is 11.2. The van der Waals surface area contributed by atoms with Crippen LogP contribution in [-0.4, -0.2) is 5.71 Å². The highest BCUT2D eigenvalue weighted by Crippen LogP contribution is 2.27. The topological polar surface area (TPSA) is 72.0 Å². The summed E-state index contributed by atoms with van der Waals surface area (Å²) in [7, 11) is 0. The lowest BCUT2D eigenvalue weighted by Gasteiger charge is -2.18. The summed E-state index contributed by atoms with van der Waals surface area (Å²) in [5, 5.41) is 21.0. The first-order valence-corrected chi connectivity index (χ1v) is 5.60. The summed E-state index contributed by atoms with van der Waals surface area (Å²) < 4.78 is 0. The Hall–Kier alpha value is -2.33. The van der Waals surface area contributed by atoms with Crippen molar-refractivity contribution in [1.82, 2.24) is 0 Å². The van der Waals surface area contributed by atoms with Crippen LogP contribution >= 0.6 is 0 Å². The standard InChI is InChI=1S/C13H12N4/c14-8-11(9-15)16-17-13-7-3-5-10-4-1-2-6-12(10)13/h3,5,7,17H,1-2,4,6H2. The van der Waals surface area contributed by atoms with Crippen LogP contribution in [0.5, 0.6) is 0 Å². The average molecular weight is 224 g/mol. The second-order valence-corrected chi connectivity index (χ2v) is 3.95. The Labute approximate surface area is 100 Å². The van der Waals surface area contributed by atoms with E-state index in [1.807, 2.05) is 12.1 Å². The van der Waals surface area contributed by atoms with Gasteiger partial charge in [-0.1, -0.05) is 12.1 Å². The van der Waals surface area contributed by atoms with Crippen molar-refractivity contribution in [2.75, 3.05) is 5.43 Å². The maximum Gasteiger partial charge on any atom is 0.237 e. The van der Waals surface area contributed by atoms with Gasteiger partial charge in [-0.3, -0.25) is 5.43 Å². The summed E-state index contributed by atoms with van der Waals surface area (Å²) in [6.45, 7) is 0. The molecule has 0 aliphatic heterocycles. The summed E-state index contributed by atoms with van der Waals surface area (Å²) in [5.41, 5.74) is 6.17. The molecule has 1 N–H and O–H groups in total. The van der Waals surface area contributed by atoms with Crippen LogP contribution in [0.4, 0.5) is 5.69 Å². The third-order valence-electron chi connectivity index (χ3n) is 2.90. The zero-order chi connectivity index (χ0) is 12.1. The van der Waals surface area contributed by atoms with E-state index in [0.717, 1.165) is 18.5 Å². The van der Waals surface area contributed by atoms with E-state index in [2.05, 4.69) is 16.6 Å². The van der Waals surface area contributed by atoms with Gasteiger partial charge in [0, 0.05) is 0 Å². The molecule has 0 aromatic heterocycles. The molecule has 0 unspecified atom stereocenters. The van der Waals surface area contributed by atoms with Gasteiger partial charge >= 0.3 is 0 Å². The van der Waals surface area contributed by atoms with Crippen LogP contribution < -0.4 is 5.43 Å². The molecule has 84 valence electrons. The summed E-state index contributed by atoms with van der Waals surface area (Å²) in [4.78, 5) is 0. The maximum atomic E-state index is 8.60. The van der Waals surface area contributed by atoms with Gasteiger partial charge in [-0.15, -0.1) is 0 Å². The van der Waals surface area contributed by atoms with E-state index in [0.29, 0.717) is 0 Å². The molecular weight excluding hydrogens is 212 g/mol. The Morgan fingerprint density at radius 2 is 1.94 bits per heavy atom. The van der Waals surface area contributed by atoms with Crippen LogP contribution in [0, 0.1) is 22.7 Å². The molecule has 1 aromatic carbocycles. The molecule has 0 saturated carbocycles. The molecule has 1 aliphatic rings. The van der Waals surface area contributed by atoms with Crippen LogP contribution in [0.1, 0.15) is 24.0 Å². The Bertz CT molecular complexity index is 515. The van der Waals surface area contributed by atoms with Crippen LogP contribution in [0.25, 0.3) is 0 Å². The number of nitrogens with one attached hydrogen (secondary N) is 1. The van der Waals surface area contributed by atoms with Crippen molar-refractivity contribution >= 4 is 11.4 Å². The van der Waals surface area contributed by atoms with Gasteiger partial charge in [0.15, 0.2) is 0 Å². The fourth-order valence-electron chi connectivity index (χ4n) is 2.08. The molecule has 4 nitrogen and oxygen atoms in total. The summed E-state index contributed by atoms with van der Waals surface area (Å²) in [6, 6.07) is 9.48. The van der Waals surface area contributed by atoms with Gasteiger partial charge in [0.2, 0.25) is 5.71 Å². The predicted molar refractivity (Wildman–Crippen MR) is 65.4 cm³/mol. The number of hydrazone groups is 1. The molecule has 0 atom stereocenters. The second-order valence-electron chi connectivity index (χ2n) is 3.95. The lowest BCUT2D eigenvalue weighted by atomic mass is 9.91. The van der Waals surface area contributed by atoms with E-state index in [9.17, 15) is 0 Å². The number of hydrogen-bond donors (Lipinski definition) is 1. The molecular formula is C13H12N4. The minimum absolute atomic E-state index is 0.154. The molecule has 2 rings (SSSR count). The third-order valence-corrected chi connectivity index (χ3v) is 2.90. The molecule has 0 spiro atoms. The van der Waals surface area contributed by atoms with Crippen molar-refractivity contribution in [3.05, 3.63) is 29.3 Å². The zero-order valence-corrected chi connectivity index (χ0v) is 9.40. The molecule has 0 fully saturated rings. The largest absolute Gasteiger partial charge is 0.276 e. The van der Waals surface area contributed by atoms with Crippen LogP contribution in [-0.2, 0) is 12.8 Å². The van der Waals surface area contributed by atoms with Gasteiger partial charge in [0.1, 0.15) is 12.1 Å². The van der Waals surface area contributed by atoms with Crippen molar-refractivity contribution in [1.29, 1.82) is 10.5 Å². The molecule has 0 heterocycles. The van der Waals surface area contributed by atoms with E-state index in [4.69, 9.17) is 10.5 Å². The van der Waals surface area contributed by atoms with E-state index >= 15 is 0 Å². The lowest BCUT2D eigenvalue weighted by Crippen LogP contribution is -2.06. The van der Waals surface area contributed by atoms with E-state index < -0.39 is 0 Å². The predicted octanol–water partition coefficient (Wildman–Crippen LogP) is 2.38. The normalized spacial score (nSPS) is 12.8. The van der Waals surface area contributed by atoms with Gasteiger partial charge in [0.25, 0.3) is 0 Å². The number of fused-ring (bicyclic) bond motifs is 1. The van der Waals surface area contributed by atoms with Crippen molar-refractivity contribution in [2.45, 2.75) is 25.7 Å². The smallest absolute Gasteiger partial charge is 0.237 e. The molecule has 0 radical (unpaired) electrons. The van der Waals surface area contributed by atoms with E-state index in [1.165, 1.54) is 24.0 Å². The monoisotopic (exact) mass is 224 g/mol. The van der Waals surface area contributed by atoms with Crippen molar-refractivity contribution in [3.63, 3.8) is 0 Å². The number of rotatable bonds is 2. The SMILES string of the molecule is N#CC(C#N)=NNc1cccc2c1CCCC2. The first-order chi connectivity index (χ1) is 8.35. The van der Waals surface area contributed by atoms with Crippen molar-refractivity contribution in [3.8, 4) is 12.1 Å². The molecule has 4 heteroatoms. The number of hydrogen-bond acceptors (Lipinski definition) is 4. The number of aryl methyl sites for hydroxylation is 1. The minimum atomic E-state index is -0.154. The number of nitrogens with zero attached hydrogens (tertiary/aromatic N) is 3. The lowest BCUT2D eigenvalue weighted by molar-refractivity contribution is 0.686. The zero-order valence-electron chi connectivity index (χ0n) is 9.40. The molecule has 0 saturated heterocycles. The van der Waals surface area contributed by atoms with Gasteiger partial charge in [-0.2, -0.15) is 15.6 Å². The minimum Gasteiger partial charge on any atom is -0.276 e. The highest BCUT2D eigenvalue weighted by molar-refractivity contribution is 6.10. The fraction of sp³-hybridized carbons (Fsp3) is 0.308. The number of nitriles is 2. The van der Waals surface area contributed by atoms with Crippen LogP contribution in [0.3, 0.4) is 0 Å². The quantitative estimate of drug-likeness (QED) is 0.619. The molecule has 0 bridgehead atoms. The Morgan fingerprint density at radius 1 is 1.18 bits per heavy atom. The highest BCUT2D eigenvalue weighted by Gasteiger charge is 2.12. The van der Waals surface area contributed by atoms with E-state index in [1.54, 1.807) is 12.1 Å². The third kappa shape index (κ3) is 2.43. The second kappa shape index (κ2) is 5.14. The van der Waals surface area contributed by atoms with Crippen molar-refractivity contribution in [2.24, 2.45) is 5.10 Å². The van der Waals surface area contributed by atoms with Gasteiger partial charge in [-0.25, -0.2) is 0 Å². The number of anilines is 1. The molecule has 0 amide bonds. The number of benzene rings is 1. The fourth-order valence-corrected chi connectivity index (χ4v) is 2.08. The van der Waals surface area contributed by atoms with Gasteiger partial charge in [0.05, 0.1) is 5.69 Å². The van der Waals surface area contributed by atoms with Crippen LogP contribution in [0.15, 0.2) is 23.3 Å². The van der Waals surface area contributed by atoms with Gasteiger partial charge in [-0.05, 0) is 42.9 Å².